The molecular formula is C15H19BrN2O3. The molecular weight excluding hydrogens is 336 g/mol. The Labute approximate surface area is 132 Å². The molecule has 5 nitrogen and oxygen atoms in total. The average molecular weight is 355 g/mol. The van der Waals surface area contributed by atoms with Gasteiger partial charge in [0.25, 0.3) is 0 Å². The molecule has 2 rings (SSSR count). The fourth-order valence-corrected chi connectivity index (χ4v) is 2.67. The smallest absolute Gasteiger partial charge is 0.175 e. The maximum absolute atomic E-state index is 9.26. The van der Waals surface area contributed by atoms with Gasteiger partial charge >= 0.3 is 0 Å². The highest BCUT2D eigenvalue weighted by Gasteiger charge is 2.13. The van der Waals surface area contributed by atoms with E-state index in [1.807, 2.05) is 33.0 Å². The quantitative estimate of drug-likeness (QED) is 0.866. The largest absolute Gasteiger partial charge is 0.490 e. The molecule has 0 atom stereocenters. The van der Waals surface area contributed by atoms with Crippen LogP contribution in [-0.4, -0.2) is 21.5 Å². The van der Waals surface area contributed by atoms with Crippen molar-refractivity contribution in [3.8, 4) is 11.5 Å². The SMILES string of the molecule is CCOc1cc(CO)cc(Br)c1OCc1cc(C)nn1C. The van der Waals surface area contributed by atoms with Gasteiger partial charge < -0.3 is 14.6 Å². The molecule has 0 spiro atoms. The van der Waals surface area contributed by atoms with E-state index in [1.54, 1.807) is 10.7 Å². The second-order valence-corrected chi connectivity index (χ2v) is 5.54. The van der Waals surface area contributed by atoms with E-state index in [0.717, 1.165) is 21.4 Å². The molecule has 0 unspecified atom stereocenters. The fourth-order valence-electron chi connectivity index (χ4n) is 2.06. The maximum Gasteiger partial charge on any atom is 0.175 e. The summed E-state index contributed by atoms with van der Waals surface area (Å²) in [4.78, 5) is 0. The van der Waals surface area contributed by atoms with Gasteiger partial charge in [0.1, 0.15) is 6.61 Å². The van der Waals surface area contributed by atoms with Gasteiger partial charge in [0.15, 0.2) is 11.5 Å². The van der Waals surface area contributed by atoms with E-state index in [4.69, 9.17) is 9.47 Å². The van der Waals surface area contributed by atoms with E-state index in [9.17, 15) is 5.11 Å². The molecule has 6 heteroatoms. The average Bonchev–Trinajstić information content (AvgIpc) is 2.76. The maximum atomic E-state index is 9.26. The molecule has 0 amide bonds. The summed E-state index contributed by atoms with van der Waals surface area (Å²) in [5.74, 6) is 1.25. The van der Waals surface area contributed by atoms with Gasteiger partial charge in [0.05, 0.1) is 29.1 Å². The minimum Gasteiger partial charge on any atom is -0.490 e. The van der Waals surface area contributed by atoms with Crippen LogP contribution in [0.2, 0.25) is 0 Å². The molecule has 0 aliphatic rings. The molecule has 0 saturated heterocycles. The third-order valence-corrected chi connectivity index (χ3v) is 3.60. The fraction of sp³-hybridized carbons (Fsp3) is 0.400. The van der Waals surface area contributed by atoms with Crippen LogP contribution in [0.4, 0.5) is 0 Å². The van der Waals surface area contributed by atoms with Gasteiger partial charge in [0.2, 0.25) is 0 Å². The van der Waals surface area contributed by atoms with Crippen LogP contribution in [0.1, 0.15) is 23.9 Å². The summed E-state index contributed by atoms with van der Waals surface area (Å²) in [5.41, 5.74) is 2.71. The van der Waals surface area contributed by atoms with Gasteiger partial charge in [-0.3, -0.25) is 4.68 Å². The van der Waals surface area contributed by atoms with Crippen molar-refractivity contribution >= 4 is 15.9 Å². The topological polar surface area (TPSA) is 56.5 Å². The number of hydrogen-bond acceptors (Lipinski definition) is 4. The summed E-state index contributed by atoms with van der Waals surface area (Å²) in [7, 11) is 1.89. The lowest BCUT2D eigenvalue weighted by Gasteiger charge is -2.15. The first-order valence-electron chi connectivity index (χ1n) is 6.73. The van der Waals surface area contributed by atoms with Crippen molar-refractivity contribution in [2.45, 2.75) is 27.1 Å². The molecule has 0 saturated carbocycles. The number of nitrogens with zero attached hydrogens (tertiary/aromatic N) is 2. The number of aliphatic hydroxyl groups is 1. The van der Waals surface area contributed by atoms with Crippen LogP contribution in [0.15, 0.2) is 22.7 Å². The molecule has 0 aliphatic heterocycles. The monoisotopic (exact) mass is 354 g/mol. The predicted octanol–water partition coefficient (Wildman–Crippen LogP) is 2.96. The van der Waals surface area contributed by atoms with Gasteiger partial charge in [-0.15, -0.1) is 0 Å². The number of aryl methyl sites for hydroxylation is 2. The first kappa shape index (κ1) is 15.9. The second kappa shape index (κ2) is 6.95. The van der Waals surface area contributed by atoms with Gasteiger partial charge in [-0.05, 0) is 53.5 Å². The number of benzene rings is 1. The number of aromatic nitrogens is 2. The van der Waals surface area contributed by atoms with Crippen molar-refractivity contribution < 1.29 is 14.6 Å². The summed E-state index contributed by atoms with van der Waals surface area (Å²) >= 11 is 3.47. The minimum absolute atomic E-state index is 0.0418. The summed E-state index contributed by atoms with van der Waals surface area (Å²) in [6.45, 7) is 4.74. The van der Waals surface area contributed by atoms with E-state index in [0.29, 0.717) is 24.7 Å². The first-order chi connectivity index (χ1) is 10.0. The number of rotatable bonds is 6. The molecule has 114 valence electrons. The van der Waals surface area contributed by atoms with Crippen LogP contribution in [-0.2, 0) is 20.3 Å². The third-order valence-electron chi connectivity index (χ3n) is 3.02. The van der Waals surface area contributed by atoms with E-state index >= 15 is 0 Å². The molecule has 0 bridgehead atoms. The normalized spacial score (nSPS) is 10.7. The minimum atomic E-state index is -0.0418. The van der Waals surface area contributed by atoms with Gasteiger partial charge in [-0.1, -0.05) is 0 Å². The lowest BCUT2D eigenvalue weighted by atomic mass is 10.2. The first-order valence-corrected chi connectivity index (χ1v) is 7.52. The Morgan fingerprint density at radius 3 is 2.62 bits per heavy atom. The van der Waals surface area contributed by atoms with E-state index in [1.165, 1.54) is 0 Å². The zero-order valence-electron chi connectivity index (χ0n) is 12.4. The Morgan fingerprint density at radius 2 is 2.05 bits per heavy atom. The molecule has 1 aromatic heterocycles. The Morgan fingerprint density at radius 1 is 1.29 bits per heavy atom. The Bertz CT molecular complexity index is 626. The standard InChI is InChI=1S/C15H19BrN2O3/c1-4-20-14-7-11(8-19)6-13(16)15(14)21-9-12-5-10(2)17-18(12)3/h5-7,19H,4,8-9H2,1-3H3. The van der Waals surface area contributed by atoms with Crippen LogP contribution in [0, 0.1) is 6.92 Å². The molecule has 21 heavy (non-hydrogen) atoms. The number of ether oxygens (including phenoxy) is 2. The second-order valence-electron chi connectivity index (χ2n) is 4.69. The highest BCUT2D eigenvalue weighted by molar-refractivity contribution is 9.10. The summed E-state index contributed by atoms with van der Waals surface area (Å²) in [6, 6.07) is 5.60. The number of halogens is 1. The van der Waals surface area contributed by atoms with Gasteiger partial charge in [0, 0.05) is 7.05 Å². The summed E-state index contributed by atoms with van der Waals surface area (Å²) < 4.78 is 14.0. The third kappa shape index (κ3) is 3.77. The Balaban J connectivity index is 2.24. The summed E-state index contributed by atoms with van der Waals surface area (Å²) in [5, 5.41) is 13.6. The van der Waals surface area contributed by atoms with Crippen LogP contribution < -0.4 is 9.47 Å². The zero-order valence-corrected chi connectivity index (χ0v) is 14.0. The molecule has 1 N–H and O–H groups in total. The lowest BCUT2D eigenvalue weighted by Crippen LogP contribution is -2.05. The molecule has 0 fully saturated rings. The van der Waals surface area contributed by atoms with Gasteiger partial charge in [-0.25, -0.2) is 0 Å². The van der Waals surface area contributed by atoms with E-state index in [-0.39, 0.29) is 6.61 Å². The number of aliphatic hydroxyl groups excluding tert-OH is 1. The number of hydrogen-bond donors (Lipinski definition) is 1. The van der Waals surface area contributed by atoms with Crippen LogP contribution in [0.25, 0.3) is 0 Å². The Kier molecular flexibility index (Phi) is 5.25. The highest BCUT2D eigenvalue weighted by Crippen LogP contribution is 2.37. The lowest BCUT2D eigenvalue weighted by molar-refractivity contribution is 0.257. The Hall–Kier alpha value is -1.53. The predicted molar refractivity (Wildman–Crippen MR) is 83.5 cm³/mol. The molecule has 2 aromatic rings. The molecule has 1 heterocycles. The van der Waals surface area contributed by atoms with Crippen molar-refractivity contribution in [2.24, 2.45) is 7.05 Å². The summed E-state index contributed by atoms with van der Waals surface area (Å²) in [6.07, 6.45) is 0. The highest BCUT2D eigenvalue weighted by atomic mass is 79.9. The molecule has 0 aliphatic carbocycles. The van der Waals surface area contributed by atoms with Crippen molar-refractivity contribution in [1.29, 1.82) is 0 Å². The van der Waals surface area contributed by atoms with Gasteiger partial charge in [-0.2, -0.15) is 5.10 Å². The van der Waals surface area contributed by atoms with Crippen molar-refractivity contribution in [3.63, 3.8) is 0 Å². The van der Waals surface area contributed by atoms with Crippen molar-refractivity contribution in [3.05, 3.63) is 39.6 Å². The molecule has 0 radical (unpaired) electrons. The zero-order chi connectivity index (χ0) is 15.4. The van der Waals surface area contributed by atoms with Crippen LogP contribution >= 0.6 is 15.9 Å². The van der Waals surface area contributed by atoms with Crippen LogP contribution in [0.3, 0.4) is 0 Å². The van der Waals surface area contributed by atoms with E-state index in [2.05, 4.69) is 21.0 Å². The van der Waals surface area contributed by atoms with Crippen LogP contribution in [0.5, 0.6) is 11.5 Å². The molecule has 1 aromatic carbocycles. The van der Waals surface area contributed by atoms with Crippen molar-refractivity contribution in [1.82, 2.24) is 9.78 Å². The van der Waals surface area contributed by atoms with E-state index < -0.39 is 0 Å². The van der Waals surface area contributed by atoms with Crippen molar-refractivity contribution in [2.75, 3.05) is 6.61 Å².